The zero-order valence-corrected chi connectivity index (χ0v) is 17.1. The average Bonchev–Trinajstić information content (AvgIpc) is 2.76. The maximum Gasteiger partial charge on any atom is 0.279 e. The summed E-state index contributed by atoms with van der Waals surface area (Å²) in [5.74, 6) is 0.948. The molecule has 3 N–H and O–H groups in total. The lowest BCUT2D eigenvalue weighted by Crippen LogP contribution is -2.46. The molecule has 2 aromatic carbocycles. The molecule has 2 unspecified atom stereocenters. The molecule has 0 aromatic heterocycles. The summed E-state index contributed by atoms with van der Waals surface area (Å²) in [7, 11) is -3.53. The van der Waals surface area contributed by atoms with E-state index in [1.54, 1.807) is 0 Å². The smallest absolute Gasteiger partial charge is 0.279 e. The van der Waals surface area contributed by atoms with Gasteiger partial charge < -0.3 is 15.2 Å². The van der Waals surface area contributed by atoms with Gasteiger partial charge in [0.15, 0.2) is 0 Å². The first-order valence-corrected chi connectivity index (χ1v) is 11.3. The second-order valence-corrected chi connectivity index (χ2v) is 9.24. The number of hydrogen-bond donors (Lipinski definition) is 2. The average molecular weight is 418 g/mol. The van der Waals surface area contributed by atoms with Crippen LogP contribution in [-0.2, 0) is 27.9 Å². The summed E-state index contributed by atoms with van der Waals surface area (Å²) in [5, 5.41) is 0. The van der Waals surface area contributed by atoms with Gasteiger partial charge in [-0.3, -0.25) is 0 Å². The molecule has 2 heterocycles. The fourth-order valence-electron chi connectivity index (χ4n) is 3.84. The summed E-state index contributed by atoms with van der Waals surface area (Å²) in [6, 6.07) is 16.0. The minimum Gasteiger partial charge on any atom is -0.492 e. The lowest BCUT2D eigenvalue weighted by Gasteiger charge is -2.32. The molecular weight excluding hydrogens is 390 g/mol. The number of benzene rings is 2. The van der Waals surface area contributed by atoms with Gasteiger partial charge in [-0.2, -0.15) is 17.4 Å². The zero-order valence-electron chi connectivity index (χ0n) is 16.3. The summed E-state index contributed by atoms with van der Waals surface area (Å²) >= 11 is 0. The topological polar surface area (TPSA) is 93.9 Å². The van der Waals surface area contributed by atoms with Crippen molar-refractivity contribution >= 4 is 10.2 Å². The molecule has 0 saturated carbocycles. The third-order valence-electron chi connectivity index (χ3n) is 5.49. The number of hydrogen-bond acceptors (Lipinski definition) is 5. The van der Waals surface area contributed by atoms with Gasteiger partial charge in [-0.25, -0.2) is 0 Å². The molecular formula is C21H27N3O4S. The lowest BCUT2D eigenvalue weighted by molar-refractivity contribution is 0.0725. The van der Waals surface area contributed by atoms with Crippen LogP contribution in [0.5, 0.6) is 5.75 Å². The van der Waals surface area contributed by atoms with Crippen molar-refractivity contribution in [3.63, 3.8) is 0 Å². The van der Waals surface area contributed by atoms with Crippen LogP contribution in [0, 0.1) is 0 Å². The third kappa shape index (κ3) is 4.79. The van der Waals surface area contributed by atoms with E-state index in [0.717, 1.165) is 23.3 Å². The van der Waals surface area contributed by atoms with E-state index in [4.69, 9.17) is 15.2 Å². The predicted octanol–water partition coefficient (Wildman–Crippen LogP) is 1.40. The van der Waals surface area contributed by atoms with Gasteiger partial charge in [-0.1, -0.05) is 42.5 Å². The summed E-state index contributed by atoms with van der Waals surface area (Å²) in [5.41, 5.74) is 9.52. The first-order chi connectivity index (χ1) is 14.0. The van der Waals surface area contributed by atoms with Gasteiger partial charge in [-0.15, -0.1) is 0 Å². The first-order valence-electron chi connectivity index (χ1n) is 9.90. The molecule has 29 heavy (non-hydrogen) atoms. The van der Waals surface area contributed by atoms with Crippen LogP contribution in [0.25, 0.3) is 0 Å². The van der Waals surface area contributed by atoms with Crippen molar-refractivity contribution in [2.45, 2.75) is 24.9 Å². The second-order valence-electron chi connectivity index (χ2n) is 7.48. The molecule has 8 heteroatoms. The Kier molecular flexibility index (Phi) is 6.17. The molecule has 2 aliphatic rings. The molecule has 0 spiro atoms. The molecule has 2 atom stereocenters. The van der Waals surface area contributed by atoms with E-state index in [1.165, 1.54) is 9.87 Å². The van der Waals surface area contributed by atoms with Gasteiger partial charge in [0.05, 0.1) is 13.2 Å². The van der Waals surface area contributed by atoms with Gasteiger partial charge in [0.25, 0.3) is 10.2 Å². The Morgan fingerprint density at radius 2 is 1.83 bits per heavy atom. The Morgan fingerprint density at radius 1 is 1.07 bits per heavy atom. The summed E-state index contributed by atoms with van der Waals surface area (Å²) in [4.78, 5) is 0. The van der Waals surface area contributed by atoms with E-state index < -0.39 is 10.2 Å². The minimum atomic E-state index is -3.53. The van der Waals surface area contributed by atoms with Gasteiger partial charge in [0.2, 0.25) is 0 Å². The zero-order chi connectivity index (χ0) is 20.3. The molecule has 4 rings (SSSR count). The SMILES string of the molecule is NC1COc2ccc(CNS(=O)(=O)N3CCOCC3)cc2C1Cc1ccccc1. The van der Waals surface area contributed by atoms with Crippen molar-refractivity contribution in [3.05, 3.63) is 65.2 Å². The number of nitrogens with two attached hydrogens (primary N) is 1. The van der Waals surface area contributed by atoms with Crippen LogP contribution in [0.3, 0.4) is 0 Å². The number of rotatable bonds is 6. The summed E-state index contributed by atoms with van der Waals surface area (Å²) < 4.78 is 40.2. The van der Waals surface area contributed by atoms with E-state index in [0.29, 0.717) is 32.9 Å². The van der Waals surface area contributed by atoms with Crippen LogP contribution < -0.4 is 15.2 Å². The fraction of sp³-hybridized carbons (Fsp3) is 0.429. The van der Waals surface area contributed by atoms with Crippen LogP contribution in [-0.4, -0.2) is 51.7 Å². The van der Waals surface area contributed by atoms with Gasteiger partial charge >= 0.3 is 0 Å². The molecule has 2 aromatic rings. The van der Waals surface area contributed by atoms with Crippen LogP contribution in [0.4, 0.5) is 0 Å². The standard InChI is InChI=1S/C21H27N3O4S/c22-20-15-28-21-7-6-17(14-23-29(25,26)24-8-10-27-11-9-24)13-19(21)18(20)12-16-4-2-1-3-5-16/h1-7,13,18,20,23H,8-12,14-15,22H2. The molecule has 0 bridgehead atoms. The highest BCUT2D eigenvalue weighted by Gasteiger charge is 2.29. The highest BCUT2D eigenvalue weighted by molar-refractivity contribution is 7.87. The maximum atomic E-state index is 12.5. The molecule has 2 aliphatic heterocycles. The predicted molar refractivity (Wildman–Crippen MR) is 111 cm³/mol. The summed E-state index contributed by atoms with van der Waals surface area (Å²) in [6.07, 6.45) is 0.821. The van der Waals surface area contributed by atoms with E-state index in [1.807, 2.05) is 36.4 Å². The Balaban J connectivity index is 1.50. The maximum absolute atomic E-state index is 12.5. The summed E-state index contributed by atoms with van der Waals surface area (Å²) in [6.45, 7) is 2.31. The quantitative estimate of drug-likeness (QED) is 0.741. The normalized spacial score (nSPS) is 22.7. The lowest BCUT2D eigenvalue weighted by atomic mass is 9.84. The monoisotopic (exact) mass is 417 g/mol. The van der Waals surface area contributed by atoms with E-state index in [-0.39, 0.29) is 18.5 Å². The van der Waals surface area contributed by atoms with E-state index in [2.05, 4.69) is 16.9 Å². The van der Waals surface area contributed by atoms with E-state index >= 15 is 0 Å². The van der Waals surface area contributed by atoms with Crippen LogP contribution in [0.2, 0.25) is 0 Å². The largest absolute Gasteiger partial charge is 0.492 e. The van der Waals surface area contributed by atoms with Gasteiger partial charge in [0, 0.05) is 31.6 Å². The molecule has 0 amide bonds. The Morgan fingerprint density at radius 3 is 2.59 bits per heavy atom. The molecule has 1 saturated heterocycles. The number of nitrogens with zero attached hydrogens (tertiary/aromatic N) is 1. The molecule has 7 nitrogen and oxygen atoms in total. The van der Waals surface area contributed by atoms with Gasteiger partial charge in [0.1, 0.15) is 12.4 Å². The molecule has 0 radical (unpaired) electrons. The highest BCUT2D eigenvalue weighted by Crippen LogP contribution is 2.36. The van der Waals surface area contributed by atoms with Crippen molar-refractivity contribution in [2.24, 2.45) is 5.73 Å². The van der Waals surface area contributed by atoms with Crippen molar-refractivity contribution in [1.82, 2.24) is 9.03 Å². The Hall–Kier alpha value is -1.97. The highest BCUT2D eigenvalue weighted by atomic mass is 32.2. The van der Waals surface area contributed by atoms with Crippen LogP contribution in [0.15, 0.2) is 48.5 Å². The van der Waals surface area contributed by atoms with Gasteiger partial charge in [-0.05, 0) is 29.2 Å². The number of nitrogens with one attached hydrogen (secondary N) is 1. The number of fused-ring (bicyclic) bond motifs is 1. The second kappa shape index (κ2) is 8.81. The van der Waals surface area contributed by atoms with Crippen LogP contribution >= 0.6 is 0 Å². The minimum absolute atomic E-state index is 0.108. The number of morpholine rings is 1. The van der Waals surface area contributed by atoms with Crippen molar-refractivity contribution in [2.75, 3.05) is 32.9 Å². The Bertz CT molecular complexity index is 930. The molecule has 156 valence electrons. The first kappa shape index (κ1) is 20.3. The molecule has 1 fully saturated rings. The molecule has 0 aliphatic carbocycles. The fourth-order valence-corrected chi connectivity index (χ4v) is 5.01. The Labute approximate surface area is 172 Å². The van der Waals surface area contributed by atoms with Crippen molar-refractivity contribution < 1.29 is 17.9 Å². The van der Waals surface area contributed by atoms with Crippen LogP contribution in [0.1, 0.15) is 22.6 Å². The van der Waals surface area contributed by atoms with Crippen molar-refractivity contribution in [1.29, 1.82) is 0 Å². The van der Waals surface area contributed by atoms with Crippen molar-refractivity contribution in [3.8, 4) is 5.75 Å². The third-order valence-corrected chi connectivity index (χ3v) is 7.04. The van der Waals surface area contributed by atoms with E-state index in [9.17, 15) is 8.42 Å². The number of ether oxygens (including phenoxy) is 2.